The zero-order valence-corrected chi connectivity index (χ0v) is 8.51. The highest BCUT2D eigenvalue weighted by molar-refractivity contribution is 5.86. The Morgan fingerprint density at radius 3 is 2.93 bits per heavy atom. The molecule has 1 aromatic carbocycles. The number of aromatic amines is 1. The van der Waals surface area contributed by atoms with Crippen LogP contribution in [0.2, 0.25) is 0 Å². The molecule has 0 spiro atoms. The van der Waals surface area contributed by atoms with Gasteiger partial charge in [0.15, 0.2) is 0 Å². The number of para-hydroxylation sites is 1. The number of hydrogen-bond donors (Lipinski definition) is 1. The van der Waals surface area contributed by atoms with Crippen molar-refractivity contribution in [2.75, 3.05) is 0 Å². The van der Waals surface area contributed by atoms with Crippen molar-refractivity contribution in [1.82, 2.24) is 4.98 Å². The van der Waals surface area contributed by atoms with Crippen LogP contribution in [0.15, 0.2) is 37.1 Å². The molecule has 1 heterocycles. The summed E-state index contributed by atoms with van der Waals surface area (Å²) in [4.78, 5) is 3.34. The summed E-state index contributed by atoms with van der Waals surface area (Å²) in [7, 11) is 0. The quantitative estimate of drug-likeness (QED) is 0.705. The van der Waals surface area contributed by atoms with Gasteiger partial charge in [0.25, 0.3) is 0 Å². The van der Waals surface area contributed by atoms with E-state index in [2.05, 4.69) is 42.9 Å². The zero-order chi connectivity index (χ0) is 9.97. The molecular weight excluding hydrogens is 170 g/mol. The topological polar surface area (TPSA) is 15.8 Å². The van der Waals surface area contributed by atoms with E-state index in [9.17, 15) is 0 Å². The fourth-order valence-corrected chi connectivity index (χ4v) is 1.89. The first kappa shape index (κ1) is 9.07. The monoisotopic (exact) mass is 185 g/mol. The van der Waals surface area contributed by atoms with Crippen LogP contribution in [-0.4, -0.2) is 4.98 Å². The molecule has 1 aromatic heterocycles. The second-order valence-electron chi connectivity index (χ2n) is 3.50. The van der Waals surface area contributed by atoms with Gasteiger partial charge < -0.3 is 4.98 Å². The van der Waals surface area contributed by atoms with Crippen molar-refractivity contribution in [3.63, 3.8) is 0 Å². The van der Waals surface area contributed by atoms with Crippen LogP contribution in [-0.2, 0) is 12.8 Å². The first-order valence-electron chi connectivity index (χ1n) is 5.05. The number of allylic oxidation sites excluding steroid dienone is 1. The Morgan fingerprint density at radius 2 is 2.21 bits per heavy atom. The Kier molecular flexibility index (Phi) is 2.40. The van der Waals surface area contributed by atoms with Crippen LogP contribution < -0.4 is 0 Å². The molecular formula is C13H15N. The van der Waals surface area contributed by atoms with E-state index in [1.807, 2.05) is 6.08 Å². The summed E-state index contributed by atoms with van der Waals surface area (Å²) in [5.41, 5.74) is 4.01. The van der Waals surface area contributed by atoms with E-state index >= 15 is 0 Å². The van der Waals surface area contributed by atoms with Gasteiger partial charge in [-0.05, 0) is 24.0 Å². The summed E-state index contributed by atoms with van der Waals surface area (Å²) in [6.07, 6.45) is 6.05. The Balaban J connectivity index is 2.63. The molecule has 0 unspecified atom stereocenters. The lowest BCUT2D eigenvalue weighted by molar-refractivity contribution is 1.15. The number of hydrogen-bond acceptors (Lipinski definition) is 0. The lowest BCUT2D eigenvalue weighted by Gasteiger charge is -1.99. The smallest absolute Gasteiger partial charge is 0.0489 e. The van der Waals surface area contributed by atoms with Crippen molar-refractivity contribution in [1.29, 1.82) is 0 Å². The molecule has 0 aliphatic rings. The van der Waals surface area contributed by atoms with Crippen molar-refractivity contribution in [3.8, 4) is 0 Å². The largest absolute Gasteiger partial charge is 0.361 e. The van der Waals surface area contributed by atoms with Gasteiger partial charge in [0, 0.05) is 17.1 Å². The van der Waals surface area contributed by atoms with Crippen LogP contribution in [0, 0.1) is 0 Å². The highest BCUT2D eigenvalue weighted by Gasteiger charge is 2.04. The van der Waals surface area contributed by atoms with Crippen molar-refractivity contribution >= 4 is 10.9 Å². The Bertz CT molecular complexity index is 451. The van der Waals surface area contributed by atoms with E-state index in [4.69, 9.17) is 0 Å². The third kappa shape index (κ3) is 1.35. The van der Waals surface area contributed by atoms with Crippen LogP contribution in [0.1, 0.15) is 18.1 Å². The first-order chi connectivity index (χ1) is 6.86. The predicted molar refractivity (Wildman–Crippen MR) is 61.6 cm³/mol. The molecule has 14 heavy (non-hydrogen) atoms. The third-order valence-electron chi connectivity index (χ3n) is 2.63. The van der Waals surface area contributed by atoms with E-state index in [0.29, 0.717) is 0 Å². The SMILES string of the molecule is C=CCc1c[nH]c2c(CC)cccc12. The molecule has 2 rings (SSSR count). The molecule has 1 N–H and O–H groups in total. The molecule has 0 aliphatic carbocycles. The molecule has 0 radical (unpaired) electrons. The number of rotatable bonds is 3. The molecule has 0 atom stereocenters. The average molecular weight is 185 g/mol. The van der Waals surface area contributed by atoms with Crippen LogP contribution >= 0.6 is 0 Å². The molecule has 1 heteroatoms. The van der Waals surface area contributed by atoms with Crippen LogP contribution in [0.25, 0.3) is 10.9 Å². The number of H-pyrrole nitrogens is 1. The maximum atomic E-state index is 3.77. The predicted octanol–water partition coefficient (Wildman–Crippen LogP) is 3.46. The number of benzene rings is 1. The van der Waals surface area contributed by atoms with E-state index in [1.54, 1.807) is 0 Å². The minimum atomic E-state index is 0.938. The van der Waals surface area contributed by atoms with Gasteiger partial charge in [-0.15, -0.1) is 6.58 Å². The number of nitrogens with one attached hydrogen (secondary N) is 1. The highest BCUT2D eigenvalue weighted by atomic mass is 14.7. The Hall–Kier alpha value is -1.50. The van der Waals surface area contributed by atoms with Crippen molar-refractivity contribution < 1.29 is 0 Å². The van der Waals surface area contributed by atoms with Crippen LogP contribution in [0.5, 0.6) is 0 Å². The molecule has 2 aromatic rings. The van der Waals surface area contributed by atoms with Gasteiger partial charge in [-0.3, -0.25) is 0 Å². The minimum absolute atomic E-state index is 0.938. The molecule has 0 saturated heterocycles. The van der Waals surface area contributed by atoms with Gasteiger partial charge in [0.1, 0.15) is 0 Å². The summed E-state index contributed by atoms with van der Waals surface area (Å²) in [6.45, 7) is 5.95. The van der Waals surface area contributed by atoms with Gasteiger partial charge in [0.05, 0.1) is 0 Å². The molecule has 0 fully saturated rings. The normalized spacial score (nSPS) is 10.6. The summed E-state index contributed by atoms with van der Waals surface area (Å²) in [5, 5.41) is 1.34. The average Bonchev–Trinajstić information content (AvgIpc) is 2.62. The third-order valence-corrected chi connectivity index (χ3v) is 2.63. The van der Waals surface area contributed by atoms with Gasteiger partial charge in [-0.1, -0.05) is 31.2 Å². The fourth-order valence-electron chi connectivity index (χ4n) is 1.89. The lowest BCUT2D eigenvalue weighted by atomic mass is 10.1. The molecule has 1 nitrogen and oxygen atoms in total. The van der Waals surface area contributed by atoms with Gasteiger partial charge in [-0.2, -0.15) is 0 Å². The summed E-state index contributed by atoms with van der Waals surface area (Å²) in [6, 6.07) is 6.47. The molecule has 72 valence electrons. The molecule has 0 saturated carbocycles. The van der Waals surface area contributed by atoms with E-state index in [0.717, 1.165) is 12.8 Å². The lowest BCUT2D eigenvalue weighted by Crippen LogP contribution is -1.82. The highest BCUT2D eigenvalue weighted by Crippen LogP contribution is 2.22. The molecule has 0 amide bonds. The van der Waals surface area contributed by atoms with E-state index in [1.165, 1.54) is 22.0 Å². The van der Waals surface area contributed by atoms with Crippen molar-refractivity contribution in [2.45, 2.75) is 19.8 Å². The molecule has 0 bridgehead atoms. The van der Waals surface area contributed by atoms with Gasteiger partial charge >= 0.3 is 0 Å². The second-order valence-corrected chi connectivity index (χ2v) is 3.50. The second kappa shape index (κ2) is 3.70. The maximum absolute atomic E-state index is 3.77. The van der Waals surface area contributed by atoms with E-state index in [-0.39, 0.29) is 0 Å². The summed E-state index contributed by atoms with van der Waals surface area (Å²) >= 11 is 0. The van der Waals surface area contributed by atoms with Gasteiger partial charge in [0.2, 0.25) is 0 Å². The summed E-state index contributed by atoms with van der Waals surface area (Å²) < 4.78 is 0. The van der Waals surface area contributed by atoms with E-state index < -0.39 is 0 Å². The number of aromatic nitrogens is 1. The van der Waals surface area contributed by atoms with Crippen LogP contribution in [0.4, 0.5) is 0 Å². The molecule has 0 aliphatic heterocycles. The zero-order valence-electron chi connectivity index (χ0n) is 8.51. The Morgan fingerprint density at radius 1 is 1.36 bits per heavy atom. The number of fused-ring (bicyclic) bond motifs is 1. The fraction of sp³-hybridized carbons (Fsp3) is 0.231. The summed E-state index contributed by atoms with van der Waals surface area (Å²) in [5.74, 6) is 0. The van der Waals surface area contributed by atoms with Crippen LogP contribution in [0.3, 0.4) is 0 Å². The standard InChI is InChI=1S/C13H15N/c1-3-6-11-9-14-13-10(4-2)7-5-8-12(11)13/h3,5,7-9,14H,1,4,6H2,2H3. The van der Waals surface area contributed by atoms with Crippen molar-refractivity contribution in [2.24, 2.45) is 0 Å². The first-order valence-corrected chi connectivity index (χ1v) is 5.05. The number of aryl methyl sites for hydroxylation is 1. The van der Waals surface area contributed by atoms with Gasteiger partial charge in [-0.25, -0.2) is 0 Å². The Labute approximate surface area is 84.5 Å². The maximum Gasteiger partial charge on any atom is 0.0489 e. The minimum Gasteiger partial charge on any atom is -0.361 e. The van der Waals surface area contributed by atoms with Crippen molar-refractivity contribution in [3.05, 3.63) is 48.2 Å².